The zero-order chi connectivity index (χ0) is 28.0. The number of rotatable bonds is 10. The van der Waals surface area contributed by atoms with E-state index in [0.29, 0.717) is 0 Å². The molecule has 11 heteroatoms. The van der Waals surface area contributed by atoms with Crippen LogP contribution < -0.4 is 16.0 Å². The minimum Gasteiger partial charge on any atom is -0.469 e. The summed E-state index contributed by atoms with van der Waals surface area (Å²) in [4.78, 5) is 75.4. The summed E-state index contributed by atoms with van der Waals surface area (Å²) in [5.41, 5.74) is 0.451. The van der Waals surface area contributed by atoms with Crippen molar-refractivity contribution in [1.82, 2.24) is 5.32 Å². The average molecular weight is 524 g/mol. The first kappa shape index (κ1) is 28.2. The summed E-state index contributed by atoms with van der Waals surface area (Å²) in [7, 11) is 2.50. The largest absolute Gasteiger partial charge is 0.469 e. The van der Waals surface area contributed by atoms with Crippen LogP contribution in [-0.4, -0.2) is 62.1 Å². The van der Waals surface area contributed by atoms with Crippen LogP contribution in [0.5, 0.6) is 0 Å². The number of nitrogens with one attached hydrogen (secondary N) is 3. The van der Waals surface area contributed by atoms with E-state index in [0.717, 1.165) is 0 Å². The Hall–Kier alpha value is -4.38. The van der Waals surface area contributed by atoms with E-state index in [1.54, 1.807) is 19.1 Å². The van der Waals surface area contributed by atoms with Crippen molar-refractivity contribution in [1.29, 1.82) is 0 Å². The number of hydrogen-bond donors (Lipinski definition) is 3. The Balaban J connectivity index is 1.90. The van der Waals surface area contributed by atoms with Crippen LogP contribution in [0.25, 0.3) is 0 Å². The molecule has 0 spiro atoms. The molecular weight excluding hydrogens is 494 g/mol. The molecular formula is C27H29N3O8. The quantitative estimate of drug-likeness (QED) is 0.339. The van der Waals surface area contributed by atoms with E-state index in [4.69, 9.17) is 0 Å². The van der Waals surface area contributed by atoms with Crippen LogP contribution in [0.2, 0.25) is 0 Å². The topological polar surface area (TPSA) is 157 Å². The lowest BCUT2D eigenvalue weighted by Gasteiger charge is -2.23. The monoisotopic (exact) mass is 523 g/mol. The number of hydrogen-bond acceptors (Lipinski definition) is 9. The third kappa shape index (κ3) is 6.12. The Kier molecular flexibility index (Phi) is 9.08. The van der Waals surface area contributed by atoms with Crippen molar-refractivity contribution in [3.05, 3.63) is 58.7 Å². The fourth-order valence-corrected chi connectivity index (χ4v) is 4.01. The third-order valence-corrected chi connectivity index (χ3v) is 6.16. The fourth-order valence-electron chi connectivity index (χ4n) is 4.01. The van der Waals surface area contributed by atoms with Crippen LogP contribution in [0.3, 0.4) is 0 Å². The predicted octanol–water partition coefficient (Wildman–Crippen LogP) is 2.08. The van der Waals surface area contributed by atoms with Gasteiger partial charge in [0.1, 0.15) is 6.04 Å². The molecule has 1 aliphatic carbocycles. The van der Waals surface area contributed by atoms with Gasteiger partial charge in [-0.05, 0) is 25.5 Å². The second-order valence-corrected chi connectivity index (χ2v) is 8.80. The molecule has 0 aromatic heterocycles. The lowest BCUT2D eigenvalue weighted by Crippen LogP contribution is -2.40. The normalized spacial score (nSPS) is 13.5. The third-order valence-electron chi connectivity index (χ3n) is 6.16. The molecule has 0 unspecified atom stereocenters. The Bertz CT molecular complexity index is 1210. The highest BCUT2D eigenvalue weighted by Crippen LogP contribution is 2.36. The van der Waals surface area contributed by atoms with Gasteiger partial charge in [-0.1, -0.05) is 31.2 Å². The van der Waals surface area contributed by atoms with Crippen LogP contribution in [0.4, 0.5) is 11.4 Å². The van der Waals surface area contributed by atoms with Crippen LogP contribution in [0.15, 0.2) is 36.4 Å². The first-order valence-electron chi connectivity index (χ1n) is 11.9. The minimum atomic E-state index is -0.741. The second-order valence-electron chi connectivity index (χ2n) is 8.80. The van der Waals surface area contributed by atoms with Crippen LogP contribution in [-0.2, 0) is 28.7 Å². The van der Waals surface area contributed by atoms with E-state index in [1.807, 2.05) is 0 Å². The van der Waals surface area contributed by atoms with Gasteiger partial charge in [-0.15, -0.1) is 0 Å². The van der Waals surface area contributed by atoms with E-state index >= 15 is 0 Å². The second kappa shape index (κ2) is 12.2. The zero-order valence-electron chi connectivity index (χ0n) is 21.5. The van der Waals surface area contributed by atoms with E-state index < -0.39 is 47.3 Å². The van der Waals surface area contributed by atoms with Crippen molar-refractivity contribution in [3.8, 4) is 0 Å². The molecule has 0 saturated carbocycles. The van der Waals surface area contributed by atoms with Gasteiger partial charge in [-0.25, -0.2) is 0 Å². The highest BCUT2D eigenvalue weighted by molar-refractivity contribution is 6.32. The average Bonchev–Trinajstić information content (AvgIpc) is 2.92. The maximum atomic E-state index is 13.5. The van der Waals surface area contributed by atoms with Gasteiger partial charge in [-0.3, -0.25) is 34.1 Å². The smallest absolute Gasteiger partial charge is 0.322 e. The van der Waals surface area contributed by atoms with E-state index in [9.17, 15) is 28.8 Å². The van der Waals surface area contributed by atoms with E-state index in [1.165, 1.54) is 45.4 Å². The Morgan fingerprint density at radius 2 is 1.26 bits per heavy atom. The molecule has 2 amide bonds. The molecule has 200 valence electrons. The molecule has 1 aliphatic rings. The lowest BCUT2D eigenvalue weighted by molar-refractivity contribution is -0.145. The predicted molar refractivity (Wildman–Crippen MR) is 137 cm³/mol. The number of fused-ring (bicyclic) bond motifs is 2. The van der Waals surface area contributed by atoms with Gasteiger partial charge >= 0.3 is 11.9 Å². The number of anilines is 2. The van der Waals surface area contributed by atoms with Crippen molar-refractivity contribution in [2.75, 3.05) is 31.4 Å². The van der Waals surface area contributed by atoms with E-state index in [-0.39, 0.29) is 53.0 Å². The van der Waals surface area contributed by atoms with E-state index in [2.05, 4.69) is 25.4 Å². The van der Waals surface area contributed by atoms with Crippen LogP contribution in [0.1, 0.15) is 58.5 Å². The van der Waals surface area contributed by atoms with Crippen molar-refractivity contribution in [2.45, 2.75) is 32.7 Å². The van der Waals surface area contributed by atoms with Crippen molar-refractivity contribution < 1.29 is 38.2 Å². The number of carbonyl (C=O) groups is 6. The maximum Gasteiger partial charge on any atom is 0.322 e. The number of amides is 2. The molecule has 0 saturated heterocycles. The molecule has 0 bridgehead atoms. The van der Waals surface area contributed by atoms with Crippen LogP contribution >= 0.6 is 0 Å². The molecule has 3 N–H and O–H groups in total. The number of carbonyl (C=O) groups excluding carboxylic acids is 6. The Labute approximate surface area is 219 Å². The zero-order valence-corrected chi connectivity index (χ0v) is 21.5. The first-order valence-corrected chi connectivity index (χ1v) is 11.9. The van der Waals surface area contributed by atoms with Gasteiger partial charge in [0.15, 0.2) is 11.6 Å². The van der Waals surface area contributed by atoms with Gasteiger partial charge in [0.05, 0.1) is 49.2 Å². The van der Waals surface area contributed by atoms with Gasteiger partial charge in [0.2, 0.25) is 11.8 Å². The Morgan fingerprint density at radius 1 is 0.763 bits per heavy atom. The summed E-state index contributed by atoms with van der Waals surface area (Å²) in [6.07, 6.45) is 0.202. The number of methoxy groups -OCH3 is 2. The first-order chi connectivity index (χ1) is 18.1. The number of benzene rings is 2. The van der Waals surface area contributed by atoms with Gasteiger partial charge < -0.3 is 20.1 Å². The van der Waals surface area contributed by atoms with Gasteiger partial charge in [0, 0.05) is 17.5 Å². The fraction of sp³-hybridized carbons (Fsp3) is 0.333. The molecule has 38 heavy (non-hydrogen) atoms. The lowest BCUT2D eigenvalue weighted by atomic mass is 9.82. The molecule has 0 aliphatic heterocycles. The highest BCUT2D eigenvalue weighted by atomic mass is 16.5. The summed E-state index contributed by atoms with van der Waals surface area (Å²) in [5, 5.41) is 7.99. The molecule has 11 nitrogen and oxygen atoms in total. The SMILES string of the molecule is COC(=O)[C@H](C)NCC(=O)Nc1ccc(NC(=O)CC[C@H](C)C(=O)OC)c2c1C(=O)c1ccccc1C2=O. The molecule has 2 atom stereocenters. The molecule has 0 heterocycles. The summed E-state index contributed by atoms with van der Waals surface area (Å²) in [5.74, 6) is -3.48. The molecule has 2 aromatic carbocycles. The maximum absolute atomic E-state index is 13.5. The highest BCUT2D eigenvalue weighted by Gasteiger charge is 2.34. The molecule has 0 radical (unpaired) electrons. The van der Waals surface area contributed by atoms with Crippen LogP contribution in [0, 0.1) is 5.92 Å². The molecule has 2 aromatic rings. The number of ketones is 2. The summed E-state index contributed by atoms with van der Waals surface area (Å²) in [6.45, 7) is 2.91. The summed E-state index contributed by atoms with van der Waals surface area (Å²) >= 11 is 0. The Morgan fingerprint density at radius 3 is 1.76 bits per heavy atom. The van der Waals surface area contributed by atoms with Gasteiger partial charge in [0.25, 0.3) is 0 Å². The summed E-state index contributed by atoms with van der Waals surface area (Å²) < 4.78 is 9.29. The summed E-state index contributed by atoms with van der Waals surface area (Å²) in [6, 6.07) is 8.40. The van der Waals surface area contributed by atoms with Gasteiger partial charge in [-0.2, -0.15) is 0 Å². The van der Waals surface area contributed by atoms with Crippen molar-refractivity contribution >= 4 is 46.7 Å². The number of ether oxygens (including phenoxy) is 2. The van der Waals surface area contributed by atoms with Crippen molar-refractivity contribution in [2.24, 2.45) is 5.92 Å². The van der Waals surface area contributed by atoms with Crippen molar-refractivity contribution in [3.63, 3.8) is 0 Å². The molecule has 0 fully saturated rings. The molecule has 3 rings (SSSR count). The minimum absolute atomic E-state index is 0.0215. The number of esters is 2. The standard InChI is InChI=1S/C27H29N3O8/c1-14(26(35)37-3)9-12-20(31)29-18-10-11-19(30-21(32)13-28-15(2)27(36)38-4)23-22(18)24(33)16-7-5-6-8-17(16)25(23)34/h5-8,10-11,14-15,28H,9,12-13H2,1-4H3,(H,29,31)(H,30,32)/t14-,15-/m0/s1.